The topological polar surface area (TPSA) is 50.4 Å². The summed E-state index contributed by atoms with van der Waals surface area (Å²) in [7, 11) is 0. The van der Waals surface area contributed by atoms with Crippen molar-refractivity contribution < 1.29 is 9.53 Å². The molecule has 1 aromatic rings. The molecule has 0 aliphatic carbocycles. The van der Waals surface area contributed by atoms with Gasteiger partial charge < -0.3 is 15.4 Å². The molecule has 2 N–H and O–H groups in total. The number of amides is 1. The third-order valence-electron chi connectivity index (χ3n) is 4.73. The highest BCUT2D eigenvalue weighted by Crippen LogP contribution is 2.28. The molecular weight excluding hydrogens is 300 g/mol. The van der Waals surface area contributed by atoms with Crippen molar-refractivity contribution >= 4 is 18.3 Å². The Labute approximate surface area is 138 Å². The van der Waals surface area contributed by atoms with Crippen LogP contribution < -0.4 is 10.6 Å². The summed E-state index contributed by atoms with van der Waals surface area (Å²) >= 11 is 0. The zero-order chi connectivity index (χ0) is 14.7. The molecule has 22 heavy (non-hydrogen) atoms. The molecule has 2 heterocycles. The predicted molar refractivity (Wildman–Crippen MR) is 89.1 cm³/mol. The molecule has 0 aromatic heterocycles. The van der Waals surface area contributed by atoms with Crippen LogP contribution in [0.25, 0.3) is 0 Å². The molecule has 2 fully saturated rings. The van der Waals surface area contributed by atoms with Gasteiger partial charge in [0, 0.05) is 12.5 Å². The van der Waals surface area contributed by atoms with Crippen LogP contribution in [0.5, 0.6) is 0 Å². The highest BCUT2D eigenvalue weighted by atomic mass is 35.5. The van der Waals surface area contributed by atoms with Crippen LogP contribution in [0.3, 0.4) is 0 Å². The molecular formula is C17H25ClN2O2. The normalized spacial score (nSPS) is 24.0. The first-order chi connectivity index (χ1) is 10.3. The van der Waals surface area contributed by atoms with Gasteiger partial charge in [0.05, 0.1) is 12.1 Å². The average Bonchev–Trinajstić information content (AvgIpc) is 2.97. The van der Waals surface area contributed by atoms with Crippen LogP contribution in [0, 0.1) is 11.8 Å². The van der Waals surface area contributed by atoms with E-state index in [1.165, 1.54) is 0 Å². The fourth-order valence-electron chi connectivity index (χ4n) is 3.08. The first-order valence-electron chi connectivity index (χ1n) is 7.93. The van der Waals surface area contributed by atoms with Crippen molar-refractivity contribution in [2.24, 2.45) is 11.8 Å². The van der Waals surface area contributed by atoms with Crippen LogP contribution in [0.4, 0.5) is 0 Å². The van der Waals surface area contributed by atoms with Crippen molar-refractivity contribution in [2.45, 2.75) is 31.9 Å². The number of hydrogen-bond acceptors (Lipinski definition) is 3. The molecule has 0 radical (unpaired) electrons. The van der Waals surface area contributed by atoms with Crippen molar-refractivity contribution in [3.63, 3.8) is 0 Å². The van der Waals surface area contributed by atoms with E-state index in [-0.39, 0.29) is 36.4 Å². The van der Waals surface area contributed by atoms with Gasteiger partial charge in [0.2, 0.25) is 5.91 Å². The highest BCUT2D eigenvalue weighted by Gasteiger charge is 2.33. The Hall–Kier alpha value is -1.10. The minimum absolute atomic E-state index is 0. The Morgan fingerprint density at radius 3 is 2.59 bits per heavy atom. The second kappa shape index (κ2) is 7.95. The van der Waals surface area contributed by atoms with Gasteiger partial charge in [-0.05, 0) is 37.4 Å². The van der Waals surface area contributed by atoms with E-state index in [1.54, 1.807) is 0 Å². The third kappa shape index (κ3) is 3.80. The molecule has 1 aromatic carbocycles. The summed E-state index contributed by atoms with van der Waals surface area (Å²) in [6, 6.07) is 10.1. The highest BCUT2D eigenvalue weighted by molar-refractivity contribution is 5.85. The molecule has 3 unspecified atom stereocenters. The maximum atomic E-state index is 12.5. The summed E-state index contributed by atoms with van der Waals surface area (Å²) in [6.07, 6.45) is 2.19. The quantitative estimate of drug-likeness (QED) is 0.874. The predicted octanol–water partition coefficient (Wildman–Crippen LogP) is 2.30. The average molecular weight is 325 g/mol. The van der Waals surface area contributed by atoms with Gasteiger partial charge in [-0.3, -0.25) is 4.79 Å². The Kier molecular flexibility index (Phi) is 6.24. The number of nitrogens with one attached hydrogen (secondary N) is 2. The summed E-state index contributed by atoms with van der Waals surface area (Å²) in [6.45, 7) is 4.72. The molecule has 122 valence electrons. The maximum Gasteiger partial charge on any atom is 0.223 e. The van der Waals surface area contributed by atoms with E-state index in [4.69, 9.17) is 4.74 Å². The fraction of sp³-hybridized carbons (Fsp3) is 0.588. The van der Waals surface area contributed by atoms with E-state index in [9.17, 15) is 4.79 Å². The Bertz CT molecular complexity index is 473. The Morgan fingerprint density at radius 1 is 1.32 bits per heavy atom. The SMILES string of the molecule is CC(C(=O)NC(c1ccccc1)C1CCCO1)C1CNC1.Cl. The Morgan fingerprint density at radius 2 is 2.05 bits per heavy atom. The van der Waals surface area contributed by atoms with Crippen molar-refractivity contribution in [2.75, 3.05) is 19.7 Å². The lowest BCUT2D eigenvalue weighted by Crippen LogP contribution is -2.50. The minimum atomic E-state index is -0.0308. The molecule has 3 atom stereocenters. The van der Waals surface area contributed by atoms with Crippen LogP contribution in [-0.4, -0.2) is 31.7 Å². The largest absolute Gasteiger partial charge is 0.376 e. The second-order valence-corrected chi connectivity index (χ2v) is 6.16. The molecule has 5 heteroatoms. The first kappa shape index (κ1) is 17.3. The number of ether oxygens (including phenoxy) is 1. The summed E-state index contributed by atoms with van der Waals surface area (Å²) in [5.74, 6) is 0.663. The number of halogens is 1. The van der Waals surface area contributed by atoms with Gasteiger partial charge in [-0.2, -0.15) is 0 Å². The van der Waals surface area contributed by atoms with Gasteiger partial charge in [-0.1, -0.05) is 37.3 Å². The van der Waals surface area contributed by atoms with Gasteiger partial charge >= 0.3 is 0 Å². The van der Waals surface area contributed by atoms with Crippen LogP contribution in [-0.2, 0) is 9.53 Å². The number of carbonyl (C=O) groups excluding carboxylic acids is 1. The number of benzene rings is 1. The zero-order valence-electron chi connectivity index (χ0n) is 13.0. The molecule has 0 saturated carbocycles. The molecule has 0 bridgehead atoms. The zero-order valence-corrected chi connectivity index (χ0v) is 13.8. The second-order valence-electron chi connectivity index (χ2n) is 6.16. The van der Waals surface area contributed by atoms with Crippen molar-refractivity contribution in [1.82, 2.24) is 10.6 Å². The molecule has 2 saturated heterocycles. The molecule has 3 rings (SSSR count). The summed E-state index contributed by atoms with van der Waals surface area (Å²) < 4.78 is 5.82. The van der Waals surface area contributed by atoms with E-state index in [0.29, 0.717) is 5.92 Å². The molecule has 2 aliphatic rings. The molecule has 1 amide bonds. The summed E-state index contributed by atoms with van der Waals surface area (Å²) in [5, 5.41) is 6.46. The molecule has 2 aliphatic heterocycles. The van der Waals surface area contributed by atoms with Crippen molar-refractivity contribution in [3.8, 4) is 0 Å². The molecule has 4 nitrogen and oxygen atoms in total. The van der Waals surface area contributed by atoms with Gasteiger partial charge in [0.1, 0.15) is 0 Å². The minimum Gasteiger partial charge on any atom is -0.376 e. The van der Waals surface area contributed by atoms with E-state index in [1.807, 2.05) is 25.1 Å². The standard InChI is InChI=1S/C17H24N2O2.ClH/c1-12(14-10-18-11-14)17(20)19-16(15-8-5-9-21-15)13-6-3-2-4-7-13;/h2-4,6-7,12,14-16,18H,5,8-11H2,1H3,(H,19,20);1H. The van der Waals surface area contributed by atoms with E-state index >= 15 is 0 Å². The smallest absolute Gasteiger partial charge is 0.223 e. The van der Waals surface area contributed by atoms with E-state index in [0.717, 1.165) is 38.1 Å². The molecule has 0 spiro atoms. The van der Waals surface area contributed by atoms with Crippen LogP contribution in [0.2, 0.25) is 0 Å². The van der Waals surface area contributed by atoms with Gasteiger partial charge in [0.25, 0.3) is 0 Å². The summed E-state index contributed by atoms with van der Waals surface area (Å²) in [5.41, 5.74) is 1.14. The summed E-state index contributed by atoms with van der Waals surface area (Å²) in [4.78, 5) is 12.5. The van der Waals surface area contributed by atoms with Crippen LogP contribution >= 0.6 is 12.4 Å². The lowest BCUT2D eigenvalue weighted by molar-refractivity contribution is -0.128. The van der Waals surface area contributed by atoms with E-state index in [2.05, 4.69) is 22.8 Å². The number of hydrogen-bond donors (Lipinski definition) is 2. The van der Waals surface area contributed by atoms with E-state index < -0.39 is 0 Å². The lowest BCUT2D eigenvalue weighted by Gasteiger charge is -2.33. The monoisotopic (exact) mass is 324 g/mol. The van der Waals surface area contributed by atoms with Gasteiger partial charge in [0.15, 0.2) is 0 Å². The van der Waals surface area contributed by atoms with Crippen LogP contribution in [0.15, 0.2) is 30.3 Å². The lowest BCUT2D eigenvalue weighted by atomic mass is 9.87. The van der Waals surface area contributed by atoms with Gasteiger partial charge in [-0.25, -0.2) is 0 Å². The maximum absolute atomic E-state index is 12.5. The van der Waals surface area contributed by atoms with Crippen molar-refractivity contribution in [1.29, 1.82) is 0 Å². The fourth-order valence-corrected chi connectivity index (χ4v) is 3.08. The van der Waals surface area contributed by atoms with Crippen molar-refractivity contribution in [3.05, 3.63) is 35.9 Å². The van der Waals surface area contributed by atoms with Crippen LogP contribution in [0.1, 0.15) is 31.4 Å². The number of rotatable bonds is 5. The van der Waals surface area contributed by atoms with Gasteiger partial charge in [-0.15, -0.1) is 12.4 Å². The third-order valence-corrected chi connectivity index (χ3v) is 4.73. The Balaban J connectivity index is 0.00000176. The first-order valence-corrected chi connectivity index (χ1v) is 7.93. The number of carbonyl (C=O) groups is 1.